The number of methoxy groups -OCH3 is 1. The van der Waals surface area contributed by atoms with E-state index >= 15 is 0 Å². The lowest BCUT2D eigenvalue weighted by Gasteiger charge is -2.70. The highest BCUT2D eigenvalue weighted by atomic mass is 32.1. The summed E-state index contributed by atoms with van der Waals surface area (Å²) >= 11 is 5.04. The minimum atomic E-state index is -1.13. The number of nitrogens with one attached hydrogen (secondary N) is 2. The summed E-state index contributed by atoms with van der Waals surface area (Å²) in [5.74, 6) is -0.248. The SMILES string of the molecule is COC(=O)C1(NC(=O)N[C@]2(C)CC[C@]3(C)CC[C@]4(C)C5=C[C@@H](S)c6c(cc(O)c(O)c6C)[C@]5(C)CC[C@@]4(C)[C@@H]3C2)COC1. The molecule has 4 N–H and O–H groups in total. The summed E-state index contributed by atoms with van der Waals surface area (Å²) in [4.78, 5) is 25.7. The minimum absolute atomic E-state index is 0.0285. The molecule has 0 aromatic heterocycles. The Morgan fingerprint density at radius 1 is 1.00 bits per heavy atom. The van der Waals surface area contributed by atoms with Crippen molar-refractivity contribution in [2.75, 3.05) is 20.3 Å². The summed E-state index contributed by atoms with van der Waals surface area (Å²) in [7, 11) is 1.32. The van der Waals surface area contributed by atoms with Crippen LogP contribution >= 0.6 is 12.6 Å². The number of aromatic hydroxyl groups is 2. The lowest BCUT2D eigenvalue weighted by atomic mass is 9.35. The number of thiol groups is 1. The number of allylic oxidation sites excluding steroid dienone is 1. The molecular weight excluding hydrogens is 564 g/mol. The average molecular weight is 613 g/mol. The Hall–Kier alpha value is -2.39. The van der Waals surface area contributed by atoms with Gasteiger partial charge in [-0.3, -0.25) is 0 Å². The summed E-state index contributed by atoms with van der Waals surface area (Å²) in [5.41, 5.74) is 2.39. The van der Waals surface area contributed by atoms with Crippen LogP contribution in [-0.2, 0) is 19.7 Å². The van der Waals surface area contributed by atoms with Crippen molar-refractivity contribution in [2.24, 2.45) is 22.2 Å². The zero-order valence-corrected chi connectivity index (χ0v) is 27.5. The Bertz CT molecular complexity index is 1420. The van der Waals surface area contributed by atoms with Crippen molar-refractivity contribution in [3.8, 4) is 11.5 Å². The van der Waals surface area contributed by atoms with Crippen LogP contribution in [0.2, 0.25) is 0 Å². The number of benzene rings is 1. The van der Waals surface area contributed by atoms with E-state index in [9.17, 15) is 19.8 Å². The van der Waals surface area contributed by atoms with E-state index in [-0.39, 0.29) is 57.7 Å². The molecule has 0 unspecified atom stereocenters. The number of carbonyl (C=O) groups excluding carboxylic acids is 2. The van der Waals surface area contributed by atoms with Crippen molar-refractivity contribution >= 4 is 24.6 Å². The molecule has 236 valence electrons. The number of ether oxygens (including phenoxy) is 2. The second-order valence-corrected chi connectivity index (χ2v) is 16.1. The molecular formula is C34H48N2O6S. The minimum Gasteiger partial charge on any atom is -0.504 e. The van der Waals surface area contributed by atoms with Crippen LogP contribution < -0.4 is 10.6 Å². The first-order valence-corrected chi connectivity index (χ1v) is 16.2. The number of rotatable bonds is 3. The maximum Gasteiger partial charge on any atom is 0.336 e. The number of phenolic OH excluding ortho intramolecular Hbond substituents is 2. The van der Waals surface area contributed by atoms with Gasteiger partial charge in [0, 0.05) is 16.2 Å². The summed E-state index contributed by atoms with van der Waals surface area (Å²) in [6.07, 6.45) is 9.21. The first-order valence-electron chi connectivity index (χ1n) is 15.7. The zero-order chi connectivity index (χ0) is 31.4. The maximum absolute atomic E-state index is 13.3. The first kappa shape index (κ1) is 30.6. The lowest BCUT2D eigenvalue weighted by molar-refractivity contribution is -0.168. The Morgan fingerprint density at radius 3 is 2.30 bits per heavy atom. The van der Waals surface area contributed by atoms with Crippen molar-refractivity contribution in [2.45, 2.75) is 108 Å². The van der Waals surface area contributed by atoms with Crippen LogP contribution in [0.5, 0.6) is 11.5 Å². The Morgan fingerprint density at radius 2 is 1.67 bits per heavy atom. The van der Waals surface area contributed by atoms with Crippen LogP contribution in [-0.4, -0.2) is 53.6 Å². The largest absolute Gasteiger partial charge is 0.504 e. The molecule has 4 fully saturated rings. The molecule has 4 aliphatic carbocycles. The van der Waals surface area contributed by atoms with Gasteiger partial charge in [-0.2, -0.15) is 12.6 Å². The second kappa shape index (κ2) is 9.56. The van der Waals surface area contributed by atoms with Gasteiger partial charge >= 0.3 is 12.0 Å². The highest BCUT2D eigenvalue weighted by Gasteiger charge is 2.67. The van der Waals surface area contributed by atoms with Crippen LogP contribution in [0.25, 0.3) is 0 Å². The van der Waals surface area contributed by atoms with E-state index in [0.717, 1.165) is 56.1 Å². The van der Waals surface area contributed by atoms with Crippen LogP contribution in [0.1, 0.15) is 102 Å². The molecule has 0 spiro atoms. The number of carbonyl (C=O) groups is 2. The van der Waals surface area contributed by atoms with E-state index < -0.39 is 17.0 Å². The fourth-order valence-corrected chi connectivity index (χ4v) is 10.6. The van der Waals surface area contributed by atoms with Crippen molar-refractivity contribution < 1.29 is 29.3 Å². The van der Waals surface area contributed by atoms with Crippen LogP contribution in [0, 0.1) is 29.1 Å². The molecule has 1 heterocycles. The van der Waals surface area contributed by atoms with Crippen molar-refractivity contribution in [1.82, 2.24) is 10.6 Å². The molecule has 1 aliphatic heterocycles. The molecule has 0 bridgehead atoms. The van der Waals surface area contributed by atoms with E-state index in [1.54, 1.807) is 6.07 Å². The van der Waals surface area contributed by atoms with Crippen LogP contribution in [0.3, 0.4) is 0 Å². The summed E-state index contributed by atoms with van der Waals surface area (Å²) in [5, 5.41) is 27.2. The molecule has 3 saturated carbocycles. The van der Waals surface area contributed by atoms with Gasteiger partial charge in [0.15, 0.2) is 17.0 Å². The monoisotopic (exact) mass is 612 g/mol. The summed E-state index contributed by atoms with van der Waals surface area (Å²) in [6, 6.07) is 1.42. The fraction of sp³-hybridized carbons (Fsp3) is 0.706. The van der Waals surface area contributed by atoms with E-state index in [2.05, 4.69) is 51.3 Å². The Kier molecular flexibility index (Phi) is 6.81. The molecule has 6 rings (SSSR count). The summed E-state index contributed by atoms with van der Waals surface area (Å²) in [6.45, 7) is 13.9. The van der Waals surface area contributed by atoms with Gasteiger partial charge in [0.1, 0.15) is 0 Å². The highest BCUT2D eigenvalue weighted by Crippen LogP contribution is 2.74. The fourth-order valence-electron chi connectivity index (χ4n) is 10.1. The summed E-state index contributed by atoms with van der Waals surface area (Å²) < 4.78 is 10.2. The van der Waals surface area contributed by atoms with E-state index in [4.69, 9.17) is 22.1 Å². The van der Waals surface area contributed by atoms with Crippen LogP contribution in [0.15, 0.2) is 17.7 Å². The Balaban J connectivity index is 1.32. The molecule has 1 saturated heterocycles. The van der Waals surface area contributed by atoms with Gasteiger partial charge in [-0.1, -0.05) is 39.3 Å². The van der Waals surface area contributed by atoms with E-state index in [1.165, 1.54) is 12.7 Å². The zero-order valence-electron chi connectivity index (χ0n) is 26.6. The number of urea groups is 1. The van der Waals surface area contributed by atoms with Gasteiger partial charge in [0.2, 0.25) is 0 Å². The number of fused-ring (bicyclic) bond motifs is 7. The normalized spacial score (nSPS) is 40.8. The van der Waals surface area contributed by atoms with Gasteiger partial charge in [-0.25, -0.2) is 9.59 Å². The average Bonchev–Trinajstić information content (AvgIpc) is 2.93. The lowest BCUT2D eigenvalue weighted by Crippen LogP contribution is -2.70. The van der Waals surface area contributed by atoms with Gasteiger partial charge in [-0.15, -0.1) is 0 Å². The molecule has 2 amide bonds. The van der Waals surface area contributed by atoms with Gasteiger partial charge < -0.3 is 30.3 Å². The third kappa shape index (κ3) is 4.12. The van der Waals surface area contributed by atoms with Gasteiger partial charge in [0.05, 0.1) is 20.3 Å². The number of amides is 2. The van der Waals surface area contributed by atoms with E-state index in [1.807, 2.05) is 6.92 Å². The second-order valence-electron chi connectivity index (χ2n) is 15.6. The Labute approximate surface area is 260 Å². The third-order valence-corrected chi connectivity index (χ3v) is 13.5. The number of esters is 1. The van der Waals surface area contributed by atoms with Gasteiger partial charge in [-0.05, 0) is 104 Å². The topological polar surface area (TPSA) is 117 Å². The predicted molar refractivity (Wildman–Crippen MR) is 167 cm³/mol. The van der Waals surface area contributed by atoms with E-state index in [0.29, 0.717) is 11.5 Å². The highest BCUT2D eigenvalue weighted by molar-refractivity contribution is 7.80. The molecule has 43 heavy (non-hydrogen) atoms. The molecule has 9 heteroatoms. The molecule has 8 nitrogen and oxygen atoms in total. The molecule has 1 aromatic rings. The van der Waals surface area contributed by atoms with Gasteiger partial charge in [0.25, 0.3) is 0 Å². The maximum atomic E-state index is 13.3. The van der Waals surface area contributed by atoms with Crippen LogP contribution in [0.4, 0.5) is 4.79 Å². The first-order chi connectivity index (χ1) is 20.0. The third-order valence-electron chi connectivity index (χ3n) is 13.1. The molecule has 7 atom stereocenters. The van der Waals surface area contributed by atoms with Crippen molar-refractivity contribution in [1.29, 1.82) is 0 Å². The predicted octanol–water partition coefficient (Wildman–Crippen LogP) is 5.98. The number of phenols is 2. The van der Waals surface area contributed by atoms with Crippen molar-refractivity contribution in [3.63, 3.8) is 0 Å². The quantitative estimate of drug-likeness (QED) is 0.124. The van der Waals surface area contributed by atoms with Crippen molar-refractivity contribution in [3.05, 3.63) is 34.4 Å². The number of hydrogen-bond donors (Lipinski definition) is 5. The molecule has 5 aliphatic rings. The standard InChI is InChI=1S/C34H48N2O6S/c1-19-25-20(14-21(37)26(19)38)31(4)11-13-33(6)24-16-30(3,35-28(40)36-34(17-42-18-34)27(39)41-7)10-8-29(24,2)9-12-32(33,5)23(31)15-22(25)43/h14-15,22,24,37-38,43H,8-13,16-18H2,1-7H3,(H2,35,36,40)/t22-,24-,29-,30-,31+,32-,33+/m1/s1. The molecule has 0 radical (unpaired) electrons. The smallest absolute Gasteiger partial charge is 0.336 e. The number of hydrogen-bond acceptors (Lipinski definition) is 7. The molecule has 1 aromatic carbocycles.